The number of nitrogens with one attached hydrogen (secondary N) is 1. The van der Waals surface area contributed by atoms with E-state index in [0.717, 1.165) is 0 Å². The van der Waals surface area contributed by atoms with E-state index in [-0.39, 0.29) is 18.4 Å². The number of cyclic esters (lactones) is 1. The zero-order valence-corrected chi connectivity index (χ0v) is 9.07. The summed E-state index contributed by atoms with van der Waals surface area (Å²) in [7, 11) is 0. The van der Waals surface area contributed by atoms with Crippen molar-refractivity contribution in [3.63, 3.8) is 0 Å². The summed E-state index contributed by atoms with van der Waals surface area (Å²) in [5, 5.41) is 2.57. The first-order valence-corrected chi connectivity index (χ1v) is 5.05. The van der Waals surface area contributed by atoms with Crippen LogP contribution in [0.4, 0.5) is 13.6 Å². The van der Waals surface area contributed by atoms with Crippen molar-refractivity contribution in [3.05, 3.63) is 29.3 Å². The SMILES string of the molecule is Cc1ccc(C2COC(=O)N2)cc1OC(F)F. The summed E-state index contributed by atoms with van der Waals surface area (Å²) >= 11 is 0. The van der Waals surface area contributed by atoms with Crippen molar-refractivity contribution in [2.45, 2.75) is 19.6 Å². The van der Waals surface area contributed by atoms with Gasteiger partial charge in [0, 0.05) is 0 Å². The maximum absolute atomic E-state index is 12.2. The van der Waals surface area contributed by atoms with Crippen LogP contribution in [-0.4, -0.2) is 19.3 Å². The van der Waals surface area contributed by atoms with Crippen LogP contribution in [0.5, 0.6) is 5.75 Å². The molecule has 0 bridgehead atoms. The molecule has 17 heavy (non-hydrogen) atoms. The summed E-state index contributed by atoms with van der Waals surface area (Å²) in [6.07, 6.45) is -0.507. The van der Waals surface area contributed by atoms with Crippen LogP contribution in [0.2, 0.25) is 0 Å². The Morgan fingerprint density at radius 3 is 2.88 bits per heavy atom. The Bertz CT molecular complexity index is 437. The fourth-order valence-corrected chi connectivity index (χ4v) is 1.62. The largest absolute Gasteiger partial charge is 0.447 e. The number of carbonyl (C=O) groups is 1. The molecule has 1 fully saturated rings. The quantitative estimate of drug-likeness (QED) is 0.886. The number of hydrogen-bond acceptors (Lipinski definition) is 3. The van der Waals surface area contributed by atoms with Crippen LogP contribution < -0.4 is 10.1 Å². The maximum atomic E-state index is 12.2. The summed E-state index contributed by atoms with van der Waals surface area (Å²) in [6, 6.07) is 4.58. The standard InChI is InChI=1S/C11H11F2NO3/c1-6-2-3-7(4-9(6)17-10(12)13)8-5-16-11(15)14-8/h2-4,8,10H,5H2,1H3,(H,14,15). The predicted molar refractivity (Wildman–Crippen MR) is 55.0 cm³/mol. The van der Waals surface area contributed by atoms with Gasteiger partial charge in [0.05, 0.1) is 6.04 Å². The van der Waals surface area contributed by atoms with Gasteiger partial charge in [0.15, 0.2) is 0 Å². The Labute approximate surface area is 96.5 Å². The second-order valence-corrected chi connectivity index (χ2v) is 3.70. The number of ether oxygens (including phenoxy) is 2. The number of aryl methyl sites for hydroxylation is 1. The molecule has 0 radical (unpaired) electrons. The van der Waals surface area contributed by atoms with Gasteiger partial charge in [-0.15, -0.1) is 0 Å². The topological polar surface area (TPSA) is 47.6 Å². The molecule has 1 aliphatic heterocycles. The van der Waals surface area contributed by atoms with Crippen molar-refractivity contribution in [1.82, 2.24) is 5.32 Å². The number of amides is 1. The molecule has 1 N–H and O–H groups in total. The maximum Gasteiger partial charge on any atom is 0.407 e. The fourth-order valence-electron chi connectivity index (χ4n) is 1.62. The molecule has 1 aromatic rings. The van der Waals surface area contributed by atoms with Gasteiger partial charge in [0.2, 0.25) is 0 Å². The van der Waals surface area contributed by atoms with Crippen molar-refractivity contribution in [2.75, 3.05) is 6.61 Å². The van der Waals surface area contributed by atoms with E-state index in [2.05, 4.69) is 10.1 Å². The summed E-state index contributed by atoms with van der Waals surface area (Å²) in [6.45, 7) is -1.00. The number of halogens is 2. The second-order valence-electron chi connectivity index (χ2n) is 3.70. The summed E-state index contributed by atoms with van der Waals surface area (Å²) in [5.41, 5.74) is 1.29. The Hall–Kier alpha value is -1.85. The van der Waals surface area contributed by atoms with Crippen LogP contribution in [-0.2, 0) is 4.74 Å². The molecule has 6 heteroatoms. The number of carbonyl (C=O) groups excluding carboxylic acids is 1. The fraction of sp³-hybridized carbons (Fsp3) is 0.364. The molecule has 0 spiro atoms. The third-order valence-corrected chi connectivity index (χ3v) is 2.50. The molecular weight excluding hydrogens is 232 g/mol. The van der Waals surface area contributed by atoms with Crippen LogP contribution in [0.15, 0.2) is 18.2 Å². The van der Waals surface area contributed by atoms with Gasteiger partial charge in [-0.25, -0.2) is 4.79 Å². The average Bonchev–Trinajstić information content (AvgIpc) is 2.67. The summed E-state index contributed by atoms with van der Waals surface area (Å²) in [4.78, 5) is 10.9. The first-order valence-electron chi connectivity index (χ1n) is 5.05. The zero-order valence-electron chi connectivity index (χ0n) is 9.07. The number of hydrogen-bond donors (Lipinski definition) is 1. The Kier molecular flexibility index (Phi) is 3.12. The molecule has 4 nitrogen and oxygen atoms in total. The number of alkyl carbamates (subject to hydrolysis) is 1. The molecule has 0 saturated carbocycles. The van der Waals surface area contributed by atoms with Crippen molar-refractivity contribution in [2.24, 2.45) is 0 Å². The molecule has 1 saturated heterocycles. The van der Waals surface area contributed by atoms with E-state index in [1.807, 2.05) is 0 Å². The normalized spacial score (nSPS) is 19.1. The van der Waals surface area contributed by atoms with Crippen molar-refractivity contribution in [3.8, 4) is 5.75 Å². The second kappa shape index (κ2) is 4.57. The highest BCUT2D eigenvalue weighted by atomic mass is 19.3. The van der Waals surface area contributed by atoms with E-state index in [1.165, 1.54) is 6.07 Å². The number of rotatable bonds is 3. The van der Waals surface area contributed by atoms with E-state index in [0.29, 0.717) is 11.1 Å². The first kappa shape index (κ1) is 11.6. The van der Waals surface area contributed by atoms with Crippen molar-refractivity contribution >= 4 is 6.09 Å². The molecule has 1 atom stereocenters. The Morgan fingerprint density at radius 2 is 2.29 bits per heavy atom. The Balaban J connectivity index is 2.21. The minimum Gasteiger partial charge on any atom is -0.447 e. The molecule has 1 unspecified atom stereocenters. The lowest BCUT2D eigenvalue weighted by atomic mass is 10.1. The predicted octanol–water partition coefficient (Wildman–Crippen LogP) is 2.38. The molecule has 1 amide bonds. The minimum absolute atomic E-state index is 0.110. The van der Waals surface area contributed by atoms with Crippen LogP contribution >= 0.6 is 0 Å². The van der Waals surface area contributed by atoms with Crippen molar-refractivity contribution < 1.29 is 23.0 Å². The van der Waals surface area contributed by atoms with E-state index >= 15 is 0 Å². The smallest absolute Gasteiger partial charge is 0.407 e. The third kappa shape index (κ3) is 2.64. The van der Waals surface area contributed by atoms with Gasteiger partial charge in [-0.05, 0) is 24.1 Å². The van der Waals surface area contributed by atoms with E-state index in [9.17, 15) is 13.6 Å². The lowest BCUT2D eigenvalue weighted by molar-refractivity contribution is -0.0503. The number of alkyl halides is 2. The average molecular weight is 243 g/mol. The molecule has 1 aliphatic rings. The molecule has 1 aromatic carbocycles. The highest BCUT2D eigenvalue weighted by Crippen LogP contribution is 2.26. The summed E-state index contributed by atoms with van der Waals surface area (Å²) < 4.78 is 33.4. The number of benzene rings is 1. The van der Waals surface area contributed by atoms with Gasteiger partial charge in [0.25, 0.3) is 0 Å². The van der Waals surface area contributed by atoms with E-state index in [4.69, 9.17) is 4.74 Å². The van der Waals surface area contributed by atoms with Gasteiger partial charge in [0.1, 0.15) is 12.4 Å². The highest BCUT2D eigenvalue weighted by Gasteiger charge is 2.24. The van der Waals surface area contributed by atoms with E-state index in [1.54, 1.807) is 19.1 Å². The molecule has 0 aromatic heterocycles. The van der Waals surface area contributed by atoms with Crippen LogP contribution in [0.25, 0.3) is 0 Å². The highest BCUT2D eigenvalue weighted by molar-refractivity contribution is 5.70. The first-order chi connectivity index (χ1) is 8.06. The lowest BCUT2D eigenvalue weighted by Crippen LogP contribution is -2.18. The van der Waals surface area contributed by atoms with Gasteiger partial charge in [-0.3, -0.25) is 0 Å². The minimum atomic E-state index is -2.86. The third-order valence-electron chi connectivity index (χ3n) is 2.50. The lowest BCUT2D eigenvalue weighted by Gasteiger charge is -2.12. The molecule has 1 heterocycles. The van der Waals surface area contributed by atoms with Gasteiger partial charge < -0.3 is 14.8 Å². The van der Waals surface area contributed by atoms with Gasteiger partial charge in [-0.2, -0.15) is 8.78 Å². The summed E-state index contributed by atoms with van der Waals surface area (Å²) in [5.74, 6) is 0.110. The molecule has 0 aliphatic carbocycles. The van der Waals surface area contributed by atoms with Gasteiger partial charge in [-0.1, -0.05) is 12.1 Å². The van der Waals surface area contributed by atoms with Crippen LogP contribution in [0.1, 0.15) is 17.2 Å². The van der Waals surface area contributed by atoms with E-state index < -0.39 is 12.7 Å². The van der Waals surface area contributed by atoms with Crippen molar-refractivity contribution in [1.29, 1.82) is 0 Å². The molecular formula is C11H11F2NO3. The molecule has 92 valence electrons. The van der Waals surface area contributed by atoms with Gasteiger partial charge >= 0.3 is 12.7 Å². The Morgan fingerprint density at radius 1 is 1.53 bits per heavy atom. The monoisotopic (exact) mass is 243 g/mol. The van der Waals surface area contributed by atoms with Crippen LogP contribution in [0, 0.1) is 6.92 Å². The molecule has 2 rings (SSSR count). The zero-order chi connectivity index (χ0) is 12.4. The van der Waals surface area contributed by atoms with Crippen LogP contribution in [0.3, 0.4) is 0 Å².